The number of ketones is 2. The Morgan fingerprint density at radius 3 is 2.02 bits per heavy atom. The molecule has 0 spiro atoms. The van der Waals surface area contributed by atoms with Gasteiger partial charge in [0.2, 0.25) is 16.6 Å². The van der Waals surface area contributed by atoms with Crippen molar-refractivity contribution in [2.24, 2.45) is 0 Å². The molecular weight excluding hydrogens is 532 g/mol. The minimum absolute atomic E-state index is 0.0668. The monoisotopic (exact) mass is 548 g/mol. The van der Waals surface area contributed by atoms with Crippen LogP contribution in [-0.4, -0.2) is 48.2 Å². The van der Waals surface area contributed by atoms with Gasteiger partial charge >= 0.3 is 5.97 Å². The number of aromatic carboxylic acids is 1. The van der Waals surface area contributed by atoms with E-state index in [2.05, 4.69) is 0 Å². The normalized spacial score (nSPS) is 11.3. The minimum Gasteiger partial charge on any atom is -0.507 e. The molecule has 2 heterocycles. The fourth-order valence-corrected chi connectivity index (χ4v) is 4.64. The summed E-state index contributed by atoms with van der Waals surface area (Å²) in [4.78, 5) is 64.7. The molecule has 5 aromatic rings. The number of rotatable bonds is 4. The van der Waals surface area contributed by atoms with Crippen LogP contribution < -0.4 is 10.9 Å². The molecule has 6 N–H and O–H groups in total. The zero-order chi connectivity index (χ0) is 29.4. The number of phenols is 5. The van der Waals surface area contributed by atoms with Gasteiger partial charge in [-0.25, -0.2) is 4.79 Å². The number of carbonyl (C=O) groups is 3. The Balaban J connectivity index is 1.88. The molecule has 0 saturated carbocycles. The third kappa shape index (κ3) is 3.45. The Labute approximate surface area is 220 Å². The van der Waals surface area contributed by atoms with E-state index in [0.29, 0.717) is 12.3 Å². The number of aromatic hydroxyl groups is 5. The second-order valence-electron chi connectivity index (χ2n) is 8.86. The van der Waals surface area contributed by atoms with Crippen molar-refractivity contribution in [3.63, 3.8) is 0 Å². The molecule has 0 aliphatic carbocycles. The third-order valence-corrected chi connectivity index (χ3v) is 6.50. The lowest BCUT2D eigenvalue weighted by Gasteiger charge is -2.14. The predicted molar refractivity (Wildman–Crippen MR) is 136 cm³/mol. The van der Waals surface area contributed by atoms with Gasteiger partial charge in [-0.1, -0.05) is 0 Å². The molecule has 13 heteroatoms. The van der Waals surface area contributed by atoms with E-state index < -0.39 is 95.6 Å². The van der Waals surface area contributed by atoms with Gasteiger partial charge in [-0.2, -0.15) is 0 Å². The smallest absolute Gasteiger partial charge is 0.340 e. The molecule has 0 saturated heterocycles. The number of carbonyl (C=O) groups excluding carboxylic acids is 2. The Hall–Kier alpha value is -5.85. The molecule has 202 valence electrons. The van der Waals surface area contributed by atoms with Gasteiger partial charge < -0.3 is 39.5 Å². The van der Waals surface area contributed by atoms with E-state index in [-0.39, 0.29) is 22.3 Å². The first kappa shape index (κ1) is 25.8. The van der Waals surface area contributed by atoms with Crippen LogP contribution in [0.3, 0.4) is 0 Å². The highest BCUT2D eigenvalue weighted by Crippen LogP contribution is 2.40. The van der Waals surface area contributed by atoms with Gasteiger partial charge in [-0.05, 0) is 25.5 Å². The molecule has 0 aliphatic heterocycles. The van der Waals surface area contributed by atoms with Gasteiger partial charge in [0.15, 0.2) is 34.4 Å². The largest absolute Gasteiger partial charge is 0.507 e. The molecule has 0 unspecified atom stereocenters. The van der Waals surface area contributed by atoms with Crippen molar-refractivity contribution >= 4 is 50.4 Å². The van der Waals surface area contributed by atoms with Crippen LogP contribution >= 0.6 is 0 Å². The zero-order valence-electron chi connectivity index (χ0n) is 20.4. The van der Waals surface area contributed by atoms with Crippen LogP contribution in [0, 0.1) is 6.92 Å². The molecule has 0 bridgehead atoms. The van der Waals surface area contributed by atoms with Gasteiger partial charge in [0.25, 0.3) is 0 Å². The molecule has 3 aromatic carbocycles. The van der Waals surface area contributed by atoms with Gasteiger partial charge in [-0.15, -0.1) is 0 Å². The first-order valence-corrected chi connectivity index (χ1v) is 11.2. The number of hydrogen-bond acceptors (Lipinski definition) is 12. The number of hydrogen-bond donors (Lipinski definition) is 6. The Bertz CT molecular complexity index is 2130. The number of carboxylic acid groups (broad SMARTS) is 1. The first-order chi connectivity index (χ1) is 18.8. The van der Waals surface area contributed by atoms with Crippen molar-refractivity contribution in [3.05, 3.63) is 72.7 Å². The quantitative estimate of drug-likeness (QED) is 0.0821. The SMILES string of the molecule is CC(=O)c1c(C)c(C(=O)c2coc3cc(O)c(O)c(C(=O)O)c3c2=O)cc2c(=O)c3c(O)cc(O)c(O)c3oc12. The van der Waals surface area contributed by atoms with Crippen LogP contribution in [0.4, 0.5) is 0 Å². The van der Waals surface area contributed by atoms with Crippen LogP contribution in [0.5, 0.6) is 28.7 Å². The summed E-state index contributed by atoms with van der Waals surface area (Å²) in [5, 5.41) is 58.0. The van der Waals surface area contributed by atoms with E-state index in [1.807, 2.05) is 0 Å². The van der Waals surface area contributed by atoms with Crippen molar-refractivity contribution in [3.8, 4) is 28.7 Å². The fraction of sp³-hybridized carbons (Fsp3) is 0.0741. The highest BCUT2D eigenvalue weighted by Gasteiger charge is 2.29. The predicted octanol–water partition coefficient (Wildman–Crippen LogP) is 3.02. The maximum absolute atomic E-state index is 13.6. The van der Waals surface area contributed by atoms with Crippen LogP contribution in [0.1, 0.15) is 49.1 Å². The standard InChI is InChI=1S/C27H16O13/c1-7-9(20(32)11-6-39-15-5-14(31)23(35)19(27(37)38)18(15)22(11)34)3-10-21(33)17-12(29)4-13(30)24(36)26(17)40-25(10)16(7)8(2)28/h3-6,29-31,35-36H,1-2H3,(H,37,38). The number of benzene rings is 3. The van der Waals surface area contributed by atoms with Gasteiger partial charge in [0.1, 0.15) is 39.7 Å². The van der Waals surface area contributed by atoms with E-state index in [0.717, 1.165) is 19.1 Å². The summed E-state index contributed by atoms with van der Waals surface area (Å²) in [5.74, 6) is -8.05. The minimum atomic E-state index is -1.80. The molecule has 13 nitrogen and oxygen atoms in total. The number of phenolic OH excluding ortho intramolecular Hbond substituents is 4. The van der Waals surface area contributed by atoms with Crippen molar-refractivity contribution in [2.45, 2.75) is 13.8 Å². The van der Waals surface area contributed by atoms with Crippen LogP contribution in [-0.2, 0) is 0 Å². The highest BCUT2D eigenvalue weighted by molar-refractivity contribution is 6.17. The van der Waals surface area contributed by atoms with Crippen molar-refractivity contribution in [2.75, 3.05) is 0 Å². The van der Waals surface area contributed by atoms with Crippen molar-refractivity contribution in [1.82, 2.24) is 0 Å². The lowest BCUT2D eigenvalue weighted by Crippen LogP contribution is -2.20. The number of Topliss-reactive ketones (excluding diaryl/α,β-unsaturated/α-hetero) is 1. The second kappa shape index (κ2) is 8.59. The van der Waals surface area contributed by atoms with E-state index in [9.17, 15) is 54.6 Å². The van der Waals surface area contributed by atoms with E-state index >= 15 is 0 Å². The lowest BCUT2D eigenvalue weighted by molar-refractivity contribution is 0.0694. The maximum Gasteiger partial charge on any atom is 0.340 e. The molecule has 0 aliphatic rings. The molecule has 0 amide bonds. The van der Waals surface area contributed by atoms with Crippen LogP contribution in [0.25, 0.3) is 32.9 Å². The van der Waals surface area contributed by atoms with E-state index in [1.165, 1.54) is 6.92 Å². The molecule has 2 aromatic heterocycles. The van der Waals surface area contributed by atoms with Crippen molar-refractivity contribution in [1.29, 1.82) is 0 Å². The Morgan fingerprint density at radius 2 is 1.40 bits per heavy atom. The number of fused-ring (bicyclic) bond motifs is 3. The van der Waals surface area contributed by atoms with E-state index in [4.69, 9.17) is 8.83 Å². The molecule has 40 heavy (non-hydrogen) atoms. The topological polar surface area (TPSA) is 233 Å². The summed E-state index contributed by atoms with van der Waals surface area (Å²) < 4.78 is 10.8. The first-order valence-electron chi connectivity index (χ1n) is 11.2. The summed E-state index contributed by atoms with van der Waals surface area (Å²) in [6.07, 6.45) is 0.696. The molecular formula is C27H16O13. The average Bonchev–Trinajstić information content (AvgIpc) is 2.87. The zero-order valence-corrected chi connectivity index (χ0v) is 20.4. The van der Waals surface area contributed by atoms with Crippen LogP contribution in [0.2, 0.25) is 0 Å². The van der Waals surface area contributed by atoms with Crippen LogP contribution in [0.15, 0.2) is 42.9 Å². The summed E-state index contributed by atoms with van der Waals surface area (Å²) in [6.45, 7) is 2.40. The summed E-state index contributed by atoms with van der Waals surface area (Å²) in [5.41, 5.74) is -6.07. The number of carboxylic acids is 1. The Kier molecular flexibility index (Phi) is 5.54. The van der Waals surface area contributed by atoms with E-state index in [1.54, 1.807) is 0 Å². The molecule has 0 atom stereocenters. The summed E-state index contributed by atoms with van der Waals surface area (Å²) in [6, 6.07) is 2.47. The van der Waals surface area contributed by atoms with Gasteiger partial charge in [0.05, 0.1) is 16.3 Å². The third-order valence-electron chi connectivity index (χ3n) is 6.50. The molecule has 0 fully saturated rings. The fourth-order valence-electron chi connectivity index (χ4n) is 4.64. The Morgan fingerprint density at radius 1 is 0.750 bits per heavy atom. The highest BCUT2D eigenvalue weighted by atomic mass is 16.4. The molecule has 5 rings (SSSR count). The average molecular weight is 548 g/mol. The lowest BCUT2D eigenvalue weighted by atomic mass is 9.91. The van der Waals surface area contributed by atoms with Gasteiger partial charge in [-0.3, -0.25) is 19.2 Å². The summed E-state index contributed by atoms with van der Waals surface area (Å²) in [7, 11) is 0. The second-order valence-corrected chi connectivity index (χ2v) is 8.86. The molecule has 0 radical (unpaired) electrons. The maximum atomic E-state index is 13.6. The van der Waals surface area contributed by atoms with Gasteiger partial charge in [0, 0.05) is 17.7 Å². The summed E-state index contributed by atoms with van der Waals surface area (Å²) >= 11 is 0. The van der Waals surface area contributed by atoms with Crippen molar-refractivity contribution < 1.29 is 53.9 Å².